The highest BCUT2D eigenvalue weighted by Crippen LogP contribution is 2.35. The van der Waals surface area contributed by atoms with Crippen molar-refractivity contribution in [3.63, 3.8) is 0 Å². The molecule has 0 bridgehead atoms. The van der Waals surface area contributed by atoms with Crippen molar-refractivity contribution in [2.75, 3.05) is 0 Å². The minimum Gasteiger partial charge on any atom is -0.329 e. The molecule has 31 heavy (non-hydrogen) atoms. The topological polar surface area (TPSA) is 60.1 Å². The van der Waals surface area contributed by atoms with Gasteiger partial charge in [-0.3, -0.25) is 9.59 Å². The number of fused-ring (bicyclic) bond motifs is 1. The fourth-order valence-electron chi connectivity index (χ4n) is 3.71. The third-order valence-corrected chi connectivity index (χ3v) is 5.62. The molecule has 1 amide bonds. The zero-order chi connectivity index (χ0) is 22.5. The van der Waals surface area contributed by atoms with Crippen LogP contribution in [0.25, 0.3) is 5.69 Å². The summed E-state index contributed by atoms with van der Waals surface area (Å²) in [6, 6.07) is 6.29. The second-order valence-electron chi connectivity index (χ2n) is 7.54. The van der Waals surface area contributed by atoms with Crippen LogP contribution in [0.1, 0.15) is 34.2 Å². The first kappa shape index (κ1) is 21.2. The van der Waals surface area contributed by atoms with Crippen molar-refractivity contribution in [2.24, 2.45) is 0 Å². The molecule has 3 aromatic rings. The van der Waals surface area contributed by atoms with Gasteiger partial charge in [0.05, 0.1) is 22.6 Å². The number of aryl methyl sites for hydroxylation is 1. The lowest BCUT2D eigenvalue weighted by atomic mass is 10.1. The summed E-state index contributed by atoms with van der Waals surface area (Å²) in [7, 11) is 0. The molecular weight excluding hydrogens is 433 g/mol. The summed E-state index contributed by atoms with van der Waals surface area (Å²) < 4.78 is 42.5. The Hall–Kier alpha value is -3.07. The molecule has 0 saturated carbocycles. The van der Waals surface area contributed by atoms with Crippen molar-refractivity contribution in [3.8, 4) is 5.69 Å². The van der Waals surface area contributed by atoms with Gasteiger partial charge in [-0.25, -0.2) is 4.98 Å². The van der Waals surface area contributed by atoms with Crippen LogP contribution in [0.4, 0.5) is 13.2 Å². The molecule has 1 aromatic carbocycles. The van der Waals surface area contributed by atoms with Crippen LogP contribution in [0.2, 0.25) is 5.02 Å². The lowest BCUT2D eigenvalue weighted by molar-refractivity contribution is -0.137. The Morgan fingerprint density at radius 2 is 1.94 bits per heavy atom. The molecule has 3 heterocycles. The predicted octanol–water partition coefficient (Wildman–Crippen LogP) is 4.06. The molecule has 0 N–H and O–H groups in total. The molecule has 4 rings (SSSR count). The largest absolute Gasteiger partial charge is 0.417 e. The van der Waals surface area contributed by atoms with Crippen LogP contribution in [0.3, 0.4) is 0 Å². The van der Waals surface area contributed by atoms with E-state index in [1.807, 2.05) is 0 Å². The first-order valence-corrected chi connectivity index (χ1v) is 9.85. The van der Waals surface area contributed by atoms with Crippen LogP contribution in [0.15, 0.2) is 47.7 Å². The Morgan fingerprint density at radius 3 is 2.58 bits per heavy atom. The summed E-state index contributed by atoms with van der Waals surface area (Å²) in [6.45, 7) is 3.75. The quantitative estimate of drug-likeness (QED) is 0.604. The third kappa shape index (κ3) is 3.85. The summed E-state index contributed by atoms with van der Waals surface area (Å²) >= 11 is 5.69. The lowest BCUT2D eigenvalue weighted by Gasteiger charge is -2.35. The number of carbonyl (C=O) groups is 1. The number of imidazole rings is 1. The number of benzene rings is 1. The Labute approximate surface area is 180 Å². The average Bonchev–Trinajstić information content (AvgIpc) is 3.12. The van der Waals surface area contributed by atoms with Gasteiger partial charge < -0.3 is 14.0 Å². The zero-order valence-electron chi connectivity index (χ0n) is 16.7. The van der Waals surface area contributed by atoms with E-state index in [0.717, 1.165) is 11.8 Å². The number of hydrogen-bond acceptors (Lipinski definition) is 3. The number of pyridine rings is 1. The van der Waals surface area contributed by atoms with Crippen molar-refractivity contribution >= 4 is 17.5 Å². The predicted molar refractivity (Wildman–Crippen MR) is 108 cm³/mol. The first-order valence-electron chi connectivity index (χ1n) is 9.47. The fourth-order valence-corrected chi connectivity index (χ4v) is 3.93. The zero-order valence-corrected chi connectivity index (χ0v) is 17.4. The number of alkyl halides is 3. The van der Waals surface area contributed by atoms with E-state index in [1.165, 1.54) is 27.9 Å². The van der Waals surface area contributed by atoms with Gasteiger partial charge in [-0.1, -0.05) is 17.7 Å². The molecular formula is C21H18ClF3N4O2. The van der Waals surface area contributed by atoms with Crippen LogP contribution in [0.5, 0.6) is 0 Å². The van der Waals surface area contributed by atoms with Gasteiger partial charge in [0.15, 0.2) is 0 Å². The maximum Gasteiger partial charge on any atom is 0.417 e. The van der Waals surface area contributed by atoms with Crippen LogP contribution in [-0.2, 0) is 19.3 Å². The third-order valence-electron chi connectivity index (χ3n) is 5.29. The second kappa shape index (κ2) is 7.56. The standard InChI is InChI=1S/C21H18ClF3N4O2/c1-12-8-27(11-26-12)17-5-6-18-20(31)28(13(2)9-29(18)19(17)30)10-14-3-4-16(22)15(7-14)21(23,24)25/h3-8,11,13H,9-10H2,1-2H3/t13-/m1/s1. The van der Waals surface area contributed by atoms with Gasteiger partial charge in [0.25, 0.3) is 11.5 Å². The molecule has 10 heteroatoms. The first-order chi connectivity index (χ1) is 14.6. The Morgan fingerprint density at radius 1 is 1.19 bits per heavy atom. The number of hydrogen-bond donors (Lipinski definition) is 0. The molecule has 0 fully saturated rings. The van der Waals surface area contributed by atoms with E-state index in [4.69, 9.17) is 11.6 Å². The summed E-state index contributed by atoms with van der Waals surface area (Å²) in [4.78, 5) is 31.6. The smallest absolute Gasteiger partial charge is 0.329 e. The number of amides is 1. The number of rotatable bonds is 3. The van der Waals surface area contributed by atoms with Gasteiger partial charge in [-0.05, 0) is 43.7 Å². The number of carbonyl (C=O) groups excluding carboxylic acids is 1. The van der Waals surface area contributed by atoms with Gasteiger partial charge in [-0.15, -0.1) is 0 Å². The molecule has 162 valence electrons. The SMILES string of the molecule is Cc1cn(-c2ccc3n(c2=O)C[C@@H](C)N(Cc2ccc(Cl)c(C(F)(F)F)c2)C3=O)cn1. The van der Waals surface area contributed by atoms with Crippen molar-refractivity contribution in [3.05, 3.63) is 80.7 Å². The molecule has 6 nitrogen and oxygen atoms in total. The molecule has 2 aromatic heterocycles. The maximum atomic E-state index is 13.2. The normalized spacial score (nSPS) is 16.5. The van der Waals surface area contributed by atoms with Crippen LogP contribution >= 0.6 is 11.6 Å². The van der Waals surface area contributed by atoms with E-state index in [-0.39, 0.29) is 24.3 Å². The number of halogens is 4. The molecule has 0 radical (unpaired) electrons. The van der Waals surface area contributed by atoms with Gasteiger partial charge in [0.2, 0.25) is 0 Å². The minimum absolute atomic E-state index is 0.0308. The van der Waals surface area contributed by atoms with Crippen molar-refractivity contribution in [1.82, 2.24) is 19.0 Å². The van der Waals surface area contributed by atoms with Crippen LogP contribution in [-0.4, -0.2) is 31.0 Å². The van der Waals surface area contributed by atoms with Gasteiger partial charge in [0, 0.05) is 25.3 Å². The van der Waals surface area contributed by atoms with E-state index in [0.29, 0.717) is 11.3 Å². The van der Waals surface area contributed by atoms with E-state index >= 15 is 0 Å². The summed E-state index contributed by atoms with van der Waals surface area (Å²) in [6.07, 6.45) is -1.35. The summed E-state index contributed by atoms with van der Waals surface area (Å²) in [5, 5.41) is -0.395. The van der Waals surface area contributed by atoms with Gasteiger partial charge >= 0.3 is 6.18 Å². The van der Waals surface area contributed by atoms with Crippen molar-refractivity contribution in [1.29, 1.82) is 0 Å². The Balaban J connectivity index is 1.67. The van der Waals surface area contributed by atoms with E-state index < -0.39 is 28.7 Å². The summed E-state index contributed by atoms with van der Waals surface area (Å²) in [5.74, 6) is -0.423. The van der Waals surface area contributed by atoms with E-state index in [9.17, 15) is 22.8 Å². The molecule has 0 spiro atoms. The highest BCUT2D eigenvalue weighted by atomic mass is 35.5. The van der Waals surface area contributed by atoms with Gasteiger partial charge in [0.1, 0.15) is 11.4 Å². The van der Waals surface area contributed by atoms with Crippen LogP contribution < -0.4 is 5.56 Å². The van der Waals surface area contributed by atoms with Gasteiger partial charge in [-0.2, -0.15) is 13.2 Å². The number of nitrogens with zero attached hydrogens (tertiary/aromatic N) is 4. The lowest BCUT2D eigenvalue weighted by Crippen LogP contribution is -2.49. The molecule has 1 aliphatic heterocycles. The molecule has 1 atom stereocenters. The fraction of sp³-hybridized carbons (Fsp3) is 0.286. The van der Waals surface area contributed by atoms with E-state index in [1.54, 1.807) is 36.7 Å². The maximum absolute atomic E-state index is 13.2. The monoisotopic (exact) mass is 450 g/mol. The molecule has 0 aliphatic carbocycles. The van der Waals surface area contributed by atoms with Crippen LogP contribution in [0, 0.1) is 6.92 Å². The average molecular weight is 451 g/mol. The highest BCUT2D eigenvalue weighted by Gasteiger charge is 2.35. The van der Waals surface area contributed by atoms with E-state index in [2.05, 4.69) is 4.98 Å². The van der Waals surface area contributed by atoms with Crippen molar-refractivity contribution in [2.45, 2.75) is 39.2 Å². The molecule has 1 aliphatic rings. The Kier molecular flexibility index (Phi) is 5.17. The van der Waals surface area contributed by atoms with Crippen molar-refractivity contribution < 1.29 is 18.0 Å². The Bertz CT molecular complexity index is 1230. The second-order valence-corrected chi connectivity index (χ2v) is 7.94. The molecule has 0 saturated heterocycles. The number of aromatic nitrogens is 3. The minimum atomic E-state index is -4.59. The molecule has 0 unspecified atom stereocenters. The summed E-state index contributed by atoms with van der Waals surface area (Å²) in [5.41, 5.74) is 0.331. The highest BCUT2D eigenvalue weighted by molar-refractivity contribution is 6.31.